The van der Waals surface area contributed by atoms with E-state index in [4.69, 9.17) is 15.6 Å². The number of carbonyl (C=O) groups is 2. The summed E-state index contributed by atoms with van der Waals surface area (Å²) in [6.45, 7) is 0. The smallest absolute Gasteiger partial charge is 0.543 e. The molecule has 0 unspecified atom stereocenters. The number of carboxylic acid groups (broad SMARTS) is 2. The molecule has 0 fully saturated rings. The maximum atomic E-state index is 12.4. The van der Waals surface area contributed by atoms with Gasteiger partial charge in [-0.25, -0.2) is 18.6 Å². The molecule has 0 aliphatic rings. The van der Waals surface area contributed by atoms with Crippen molar-refractivity contribution in [1.29, 1.82) is 0 Å². The maximum absolute atomic E-state index is 12.4. The molecule has 0 saturated carbocycles. The number of aliphatic carboxylic acids is 1. The van der Waals surface area contributed by atoms with Gasteiger partial charge < -0.3 is 20.7 Å². The molecule has 0 aliphatic carbocycles. The molecule has 2 aromatic rings. The molecule has 2 heterocycles. The van der Waals surface area contributed by atoms with Gasteiger partial charge in [0.2, 0.25) is 0 Å². The van der Waals surface area contributed by atoms with E-state index in [-0.39, 0.29) is 24.7 Å². The Kier molecular flexibility index (Phi) is 11.6. The van der Waals surface area contributed by atoms with Gasteiger partial charge in [0.1, 0.15) is 5.69 Å². The van der Waals surface area contributed by atoms with Crippen molar-refractivity contribution in [3.05, 3.63) is 54.0 Å². The first-order chi connectivity index (χ1) is 11.5. The van der Waals surface area contributed by atoms with Crippen LogP contribution in [-0.2, 0) is 4.79 Å². The summed E-state index contributed by atoms with van der Waals surface area (Å²) in [5.41, 5.74) is 4.38. The van der Waals surface area contributed by atoms with Crippen LogP contribution in [0.3, 0.4) is 0 Å². The van der Waals surface area contributed by atoms with Crippen molar-refractivity contribution < 1.29 is 60.6 Å². The SMILES string of the molecule is Nc1ncccc1F.O=C(O)C(F)(F)F.O=C([O-])c1ncccc1F.[Li+]. The quantitative estimate of drug-likeness (QED) is 0.438. The zero-order valence-corrected chi connectivity index (χ0v) is 13.0. The van der Waals surface area contributed by atoms with Crippen LogP contribution in [0.15, 0.2) is 36.7 Å². The second-order valence-electron chi connectivity index (χ2n) is 3.79. The van der Waals surface area contributed by atoms with Gasteiger partial charge in [0.25, 0.3) is 0 Å². The van der Waals surface area contributed by atoms with E-state index in [0.717, 1.165) is 6.07 Å². The normalized spacial score (nSPS) is 9.42. The second kappa shape index (κ2) is 11.8. The van der Waals surface area contributed by atoms with Gasteiger partial charge in [0, 0.05) is 12.4 Å². The number of nitrogens with two attached hydrogens (primary N) is 1. The number of rotatable bonds is 1. The number of nitrogens with zero attached hydrogens (tertiary/aromatic N) is 2. The van der Waals surface area contributed by atoms with Crippen molar-refractivity contribution in [2.24, 2.45) is 0 Å². The fourth-order valence-electron chi connectivity index (χ4n) is 0.934. The molecule has 0 aromatic carbocycles. The predicted octanol–water partition coefficient (Wildman–Crippen LogP) is -1.98. The van der Waals surface area contributed by atoms with E-state index in [9.17, 15) is 31.9 Å². The van der Waals surface area contributed by atoms with E-state index in [2.05, 4.69) is 9.97 Å². The number of hydrogen-bond donors (Lipinski definition) is 2. The van der Waals surface area contributed by atoms with E-state index in [0.29, 0.717) is 0 Å². The van der Waals surface area contributed by atoms with E-state index >= 15 is 0 Å². The van der Waals surface area contributed by atoms with Crippen LogP contribution in [0, 0.1) is 11.6 Å². The Hall–Kier alpha value is -2.71. The van der Waals surface area contributed by atoms with Crippen LogP contribution in [0.5, 0.6) is 0 Å². The minimum atomic E-state index is -5.08. The summed E-state index contributed by atoms with van der Waals surface area (Å²) in [6, 6.07) is 5.08. The summed E-state index contributed by atoms with van der Waals surface area (Å²) in [5.74, 6) is -5.74. The van der Waals surface area contributed by atoms with E-state index in [1.54, 1.807) is 0 Å². The summed E-state index contributed by atoms with van der Waals surface area (Å²) in [7, 11) is 0. The average molecular weight is 373 g/mol. The molecule has 0 amide bonds. The minimum Gasteiger partial charge on any atom is -0.543 e. The summed E-state index contributed by atoms with van der Waals surface area (Å²) >= 11 is 0. The van der Waals surface area contributed by atoms with Gasteiger partial charge in [0.05, 0.1) is 5.97 Å². The number of aromatic nitrogens is 2. The monoisotopic (exact) mass is 373 g/mol. The summed E-state index contributed by atoms with van der Waals surface area (Å²) in [4.78, 5) is 25.6. The van der Waals surface area contributed by atoms with Crippen LogP contribution in [0.4, 0.5) is 27.8 Å². The van der Waals surface area contributed by atoms with Crippen LogP contribution < -0.4 is 29.7 Å². The molecule has 2 aromatic heterocycles. The Morgan fingerprint density at radius 3 is 1.69 bits per heavy atom. The van der Waals surface area contributed by atoms with Gasteiger partial charge in [-0.15, -0.1) is 0 Å². The van der Waals surface area contributed by atoms with Crippen molar-refractivity contribution in [2.75, 3.05) is 5.73 Å². The van der Waals surface area contributed by atoms with Crippen molar-refractivity contribution >= 4 is 17.8 Å². The van der Waals surface area contributed by atoms with Crippen molar-refractivity contribution in [3.8, 4) is 0 Å². The molecule has 3 N–H and O–H groups in total. The zero-order chi connectivity index (χ0) is 19.6. The Morgan fingerprint density at radius 1 is 1.04 bits per heavy atom. The number of carbonyl (C=O) groups excluding carboxylic acids is 1. The van der Waals surface area contributed by atoms with Gasteiger partial charge in [-0.3, -0.25) is 4.98 Å². The van der Waals surface area contributed by atoms with Crippen LogP contribution in [0.1, 0.15) is 10.5 Å². The number of anilines is 1. The summed E-state index contributed by atoms with van der Waals surface area (Å²) < 4.78 is 56.2. The van der Waals surface area contributed by atoms with Crippen LogP contribution >= 0.6 is 0 Å². The van der Waals surface area contributed by atoms with Crippen molar-refractivity contribution in [1.82, 2.24) is 9.97 Å². The number of nitrogen functional groups attached to an aromatic ring is 1. The fourth-order valence-corrected chi connectivity index (χ4v) is 0.934. The average Bonchev–Trinajstić information content (AvgIpc) is 2.51. The van der Waals surface area contributed by atoms with Crippen molar-refractivity contribution in [3.63, 3.8) is 0 Å². The first-order valence-electron chi connectivity index (χ1n) is 5.94. The first kappa shape index (κ1) is 25.5. The Balaban J connectivity index is 0. The van der Waals surface area contributed by atoms with Crippen LogP contribution in [0.2, 0.25) is 0 Å². The molecule has 0 spiro atoms. The molecule has 0 radical (unpaired) electrons. The fraction of sp³-hybridized carbons (Fsp3) is 0.0769. The molecular formula is C13H9F5LiN3O4. The Morgan fingerprint density at radius 2 is 1.46 bits per heavy atom. The molecule has 0 atom stereocenters. The number of alkyl halides is 3. The molecule has 13 heteroatoms. The largest absolute Gasteiger partial charge is 1.00 e. The van der Waals surface area contributed by atoms with E-state index in [1.165, 1.54) is 30.6 Å². The molecule has 7 nitrogen and oxygen atoms in total. The molecular weight excluding hydrogens is 364 g/mol. The zero-order valence-electron chi connectivity index (χ0n) is 13.0. The van der Waals surface area contributed by atoms with Crippen molar-refractivity contribution in [2.45, 2.75) is 6.18 Å². The summed E-state index contributed by atoms with van der Waals surface area (Å²) in [5, 5.41) is 17.1. The second-order valence-corrected chi connectivity index (χ2v) is 3.79. The van der Waals surface area contributed by atoms with E-state index in [1.807, 2.05) is 0 Å². The van der Waals surface area contributed by atoms with E-state index < -0.39 is 35.4 Å². The first-order valence-corrected chi connectivity index (χ1v) is 5.94. The van der Waals surface area contributed by atoms with Crippen LogP contribution in [-0.4, -0.2) is 33.2 Å². The molecule has 0 bridgehead atoms. The number of hydrogen-bond acceptors (Lipinski definition) is 6. The number of aromatic carboxylic acids is 1. The molecule has 0 saturated heterocycles. The third-order valence-electron chi connectivity index (χ3n) is 1.98. The van der Waals surface area contributed by atoms with Gasteiger partial charge in [-0.1, -0.05) is 0 Å². The number of carboxylic acids is 2. The minimum absolute atomic E-state index is 0. The third-order valence-corrected chi connectivity index (χ3v) is 1.98. The van der Waals surface area contributed by atoms with Gasteiger partial charge in [0.15, 0.2) is 17.5 Å². The number of pyridine rings is 2. The third kappa shape index (κ3) is 10.2. The number of halogens is 5. The summed E-state index contributed by atoms with van der Waals surface area (Å²) in [6.07, 6.45) is -2.45. The Bertz CT molecular complexity index is 710. The predicted molar refractivity (Wildman–Crippen MR) is 70.8 cm³/mol. The Labute approximate surface area is 154 Å². The van der Waals surface area contributed by atoms with Gasteiger partial charge in [-0.2, -0.15) is 13.2 Å². The molecule has 0 aliphatic heterocycles. The molecule has 136 valence electrons. The standard InChI is InChI=1S/C6H4FNO2.C5H5FN2.C2HF3O2.Li/c7-4-2-1-3-8-5(4)6(9)10;6-4-2-1-3-8-5(4)7;3-2(4,5)1(6)7;/h1-3H,(H,9,10);1-3H,(H2,7,8);(H,6,7);/q;;;+1/p-1. The van der Waals surface area contributed by atoms with Gasteiger partial charge in [-0.05, 0) is 24.3 Å². The topological polar surface area (TPSA) is 129 Å². The molecule has 26 heavy (non-hydrogen) atoms. The van der Waals surface area contributed by atoms with Crippen LogP contribution in [0.25, 0.3) is 0 Å². The van der Waals surface area contributed by atoms with Gasteiger partial charge >= 0.3 is 31.0 Å². The molecule has 2 rings (SSSR count). The maximum Gasteiger partial charge on any atom is 1.00 e.